The molecule has 0 saturated carbocycles. The van der Waals surface area contributed by atoms with Crippen molar-refractivity contribution in [1.29, 1.82) is 0 Å². The van der Waals surface area contributed by atoms with Gasteiger partial charge in [-0.25, -0.2) is 0 Å². The average molecular weight is 319 g/mol. The Morgan fingerprint density at radius 3 is 2.67 bits per heavy atom. The fourth-order valence-corrected chi connectivity index (χ4v) is 2.87. The zero-order chi connectivity index (χ0) is 16.5. The Labute approximate surface area is 139 Å². The molecule has 24 heavy (non-hydrogen) atoms. The van der Waals surface area contributed by atoms with Crippen molar-refractivity contribution >= 4 is 5.91 Å². The van der Waals surface area contributed by atoms with Crippen molar-refractivity contribution in [3.63, 3.8) is 0 Å². The number of carbonyl (C=O) groups excluding carboxylic acids is 1. The fourth-order valence-electron chi connectivity index (χ4n) is 2.87. The van der Waals surface area contributed by atoms with Crippen LogP contribution in [0.5, 0.6) is 0 Å². The van der Waals surface area contributed by atoms with Gasteiger partial charge in [0.05, 0.1) is 5.92 Å². The van der Waals surface area contributed by atoms with E-state index in [0.29, 0.717) is 24.8 Å². The summed E-state index contributed by atoms with van der Waals surface area (Å²) in [5.74, 6) is 1.36. The number of nitrogens with zero attached hydrogens (tertiary/aromatic N) is 3. The third-order valence-corrected chi connectivity index (χ3v) is 4.26. The third kappa shape index (κ3) is 2.69. The molecular formula is C19H17N3O2. The van der Waals surface area contributed by atoms with E-state index in [0.717, 1.165) is 16.7 Å². The van der Waals surface area contributed by atoms with E-state index in [1.807, 2.05) is 66.4 Å². The Balaban J connectivity index is 1.43. The number of likely N-dealkylation sites (tertiary alicyclic amines) is 1. The Kier molecular flexibility index (Phi) is 3.61. The number of aromatic nitrogens is 2. The largest absolute Gasteiger partial charge is 0.339 e. The van der Waals surface area contributed by atoms with E-state index in [1.54, 1.807) is 0 Å². The van der Waals surface area contributed by atoms with Gasteiger partial charge in [-0.15, -0.1) is 0 Å². The van der Waals surface area contributed by atoms with Gasteiger partial charge in [-0.1, -0.05) is 53.2 Å². The molecule has 1 aromatic heterocycles. The summed E-state index contributed by atoms with van der Waals surface area (Å²) in [7, 11) is 0. The molecule has 0 aliphatic carbocycles. The molecule has 0 atom stereocenters. The van der Waals surface area contributed by atoms with Crippen LogP contribution in [0.2, 0.25) is 0 Å². The number of amides is 1. The molecule has 0 radical (unpaired) electrons. The number of hydrogen-bond acceptors (Lipinski definition) is 4. The van der Waals surface area contributed by atoms with E-state index in [1.165, 1.54) is 0 Å². The lowest BCUT2D eigenvalue weighted by Gasteiger charge is -2.37. The van der Waals surface area contributed by atoms with E-state index < -0.39 is 0 Å². The molecule has 3 aromatic rings. The van der Waals surface area contributed by atoms with Crippen LogP contribution in [0.1, 0.15) is 27.7 Å². The summed E-state index contributed by atoms with van der Waals surface area (Å²) in [6, 6.07) is 17.4. The predicted octanol–water partition coefficient (Wildman–Crippen LogP) is 3.28. The van der Waals surface area contributed by atoms with Crippen LogP contribution in [-0.2, 0) is 0 Å². The monoisotopic (exact) mass is 319 g/mol. The smallest absolute Gasteiger partial charge is 0.253 e. The van der Waals surface area contributed by atoms with Crippen molar-refractivity contribution in [1.82, 2.24) is 15.0 Å². The maximum absolute atomic E-state index is 12.4. The fraction of sp³-hybridized carbons (Fsp3) is 0.211. The van der Waals surface area contributed by atoms with Crippen molar-refractivity contribution in [3.05, 3.63) is 71.6 Å². The van der Waals surface area contributed by atoms with Gasteiger partial charge in [0.15, 0.2) is 0 Å². The molecule has 0 N–H and O–H groups in total. The molecule has 1 amide bonds. The van der Waals surface area contributed by atoms with Gasteiger partial charge in [-0.3, -0.25) is 4.79 Å². The number of rotatable bonds is 3. The van der Waals surface area contributed by atoms with E-state index in [9.17, 15) is 4.79 Å². The van der Waals surface area contributed by atoms with E-state index >= 15 is 0 Å². The number of carbonyl (C=O) groups is 1. The summed E-state index contributed by atoms with van der Waals surface area (Å²) in [4.78, 5) is 18.7. The van der Waals surface area contributed by atoms with Crippen LogP contribution >= 0.6 is 0 Å². The molecular weight excluding hydrogens is 302 g/mol. The number of aryl methyl sites for hydroxylation is 1. The highest BCUT2D eigenvalue weighted by atomic mass is 16.5. The summed E-state index contributed by atoms with van der Waals surface area (Å²) in [6.45, 7) is 3.21. The van der Waals surface area contributed by atoms with Gasteiger partial charge in [-0.2, -0.15) is 4.98 Å². The normalized spacial score (nSPS) is 14.5. The second kappa shape index (κ2) is 5.92. The highest BCUT2D eigenvalue weighted by Gasteiger charge is 2.36. The Hall–Kier alpha value is -2.95. The molecule has 2 heterocycles. The van der Waals surface area contributed by atoms with Crippen LogP contribution in [0.3, 0.4) is 0 Å². The molecule has 0 spiro atoms. The van der Waals surface area contributed by atoms with Crippen LogP contribution in [0.15, 0.2) is 59.1 Å². The zero-order valence-corrected chi connectivity index (χ0v) is 13.3. The van der Waals surface area contributed by atoms with Gasteiger partial charge >= 0.3 is 0 Å². The predicted molar refractivity (Wildman–Crippen MR) is 89.6 cm³/mol. The van der Waals surface area contributed by atoms with Crippen molar-refractivity contribution in [2.75, 3.05) is 13.1 Å². The quantitative estimate of drug-likeness (QED) is 0.743. The Bertz CT molecular complexity index is 867. The minimum atomic E-state index is 0.0535. The third-order valence-electron chi connectivity index (χ3n) is 4.26. The second-order valence-electron chi connectivity index (χ2n) is 6.10. The molecule has 0 unspecified atom stereocenters. The van der Waals surface area contributed by atoms with E-state index in [4.69, 9.17) is 4.52 Å². The van der Waals surface area contributed by atoms with Gasteiger partial charge < -0.3 is 9.42 Å². The van der Waals surface area contributed by atoms with Crippen molar-refractivity contribution < 1.29 is 9.32 Å². The molecule has 5 heteroatoms. The van der Waals surface area contributed by atoms with Crippen LogP contribution in [0, 0.1) is 6.92 Å². The number of hydrogen-bond donors (Lipinski definition) is 0. The van der Waals surface area contributed by atoms with Crippen molar-refractivity contribution in [2.24, 2.45) is 0 Å². The maximum atomic E-state index is 12.4. The standard InChI is InChI=1S/C19H17N3O2/c1-13-6-5-9-15(10-13)19(23)22-11-16(12-22)18-20-17(21-24-18)14-7-3-2-4-8-14/h2-10,16H,11-12H2,1H3. The summed E-state index contributed by atoms with van der Waals surface area (Å²) >= 11 is 0. The topological polar surface area (TPSA) is 59.2 Å². The molecule has 1 aliphatic rings. The van der Waals surface area contributed by atoms with Crippen molar-refractivity contribution in [2.45, 2.75) is 12.8 Å². The highest BCUT2D eigenvalue weighted by molar-refractivity contribution is 5.95. The summed E-state index contributed by atoms with van der Waals surface area (Å²) < 4.78 is 5.38. The number of benzene rings is 2. The first-order valence-corrected chi connectivity index (χ1v) is 7.95. The van der Waals surface area contributed by atoms with Gasteiger partial charge in [0, 0.05) is 24.2 Å². The van der Waals surface area contributed by atoms with Crippen LogP contribution in [-0.4, -0.2) is 34.0 Å². The molecule has 5 nitrogen and oxygen atoms in total. The molecule has 120 valence electrons. The first kappa shape index (κ1) is 14.6. The summed E-state index contributed by atoms with van der Waals surface area (Å²) in [5.41, 5.74) is 2.74. The SMILES string of the molecule is Cc1cccc(C(=O)N2CC(c3nc(-c4ccccc4)no3)C2)c1. The van der Waals surface area contributed by atoms with E-state index in [2.05, 4.69) is 10.1 Å². The zero-order valence-electron chi connectivity index (χ0n) is 13.3. The Morgan fingerprint density at radius 1 is 1.12 bits per heavy atom. The van der Waals surface area contributed by atoms with Crippen LogP contribution in [0.4, 0.5) is 0 Å². The highest BCUT2D eigenvalue weighted by Crippen LogP contribution is 2.28. The lowest BCUT2D eigenvalue weighted by atomic mass is 9.98. The van der Waals surface area contributed by atoms with Gasteiger partial charge in [0.2, 0.25) is 11.7 Å². The molecule has 1 saturated heterocycles. The second-order valence-corrected chi connectivity index (χ2v) is 6.10. The first-order valence-electron chi connectivity index (χ1n) is 7.95. The minimum Gasteiger partial charge on any atom is -0.339 e. The van der Waals surface area contributed by atoms with Gasteiger partial charge in [0.1, 0.15) is 0 Å². The Morgan fingerprint density at radius 2 is 1.92 bits per heavy atom. The lowest BCUT2D eigenvalue weighted by Crippen LogP contribution is -2.48. The van der Waals surface area contributed by atoms with Crippen molar-refractivity contribution in [3.8, 4) is 11.4 Å². The maximum Gasteiger partial charge on any atom is 0.253 e. The molecule has 0 bridgehead atoms. The molecule has 1 aliphatic heterocycles. The lowest BCUT2D eigenvalue weighted by molar-refractivity contribution is 0.0569. The van der Waals surface area contributed by atoms with Crippen LogP contribution in [0.25, 0.3) is 11.4 Å². The van der Waals surface area contributed by atoms with Gasteiger partial charge in [-0.05, 0) is 19.1 Å². The van der Waals surface area contributed by atoms with E-state index in [-0.39, 0.29) is 11.8 Å². The summed E-state index contributed by atoms with van der Waals surface area (Å²) in [6.07, 6.45) is 0. The molecule has 4 rings (SSSR count). The molecule has 2 aromatic carbocycles. The molecule has 1 fully saturated rings. The average Bonchev–Trinajstić information content (AvgIpc) is 3.04. The first-order chi connectivity index (χ1) is 11.7. The van der Waals surface area contributed by atoms with Gasteiger partial charge in [0.25, 0.3) is 5.91 Å². The summed E-state index contributed by atoms with van der Waals surface area (Å²) in [5, 5.41) is 4.04. The van der Waals surface area contributed by atoms with Crippen LogP contribution < -0.4 is 0 Å². The minimum absolute atomic E-state index is 0.0535.